The fourth-order valence-corrected chi connectivity index (χ4v) is 5.29. The molecule has 1 amide bonds. The number of benzene rings is 2. The van der Waals surface area contributed by atoms with Gasteiger partial charge in [0, 0.05) is 32.6 Å². The fourth-order valence-electron chi connectivity index (χ4n) is 3.13. The Hall–Kier alpha value is -1.74. The largest absolute Gasteiger partial charge is 0.340 e. The molecule has 2 aromatic carbocycles. The summed E-state index contributed by atoms with van der Waals surface area (Å²) >= 11 is 12.0. The number of hydrogen-bond donors (Lipinski definition) is 0. The third-order valence-electron chi connectivity index (χ3n) is 4.74. The standard InChI is InChI=1S/C19H18Cl2F2N2O3S/c20-15-2-1-3-17(19(15)21)29(27,28)25-10-8-24(9-11-25)18(26)7-4-13-12-14(22)5-6-16(13)23/h1-3,5-6,12H,4,7-11H2. The summed E-state index contributed by atoms with van der Waals surface area (Å²) in [6.07, 6.45) is 0.0757. The van der Waals surface area contributed by atoms with Crippen LogP contribution in [-0.2, 0) is 21.2 Å². The summed E-state index contributed by atoms with van der Waals surface area (Å²) < 4.78 is 53.8. The Morgan fingerprint density at radius 1 is 1.03 bits per heavy atom. The first-order valence-electron chi connectivity index (χ1n) is 8.86. The minimum absolute atomic E-state index is 0.00719. The molecule has 5 nitrogen and oxygen atoms in total. The van der Waals surface area contributed by atoms with Gasteiger partial charge in [-0.25, -0.2) is 17.2 Å². The number of hydrogen-bond acceptors (Lipinski definition) is 3. The van der Waals surface area contributed by atoms with Crippen molar-refractivity contribution in [3.05, 3.63) is 63.6 Å². The summed E-state index contributed by atoms with van der Waals surface area (Å²) in [4.78, 5) is 13.8. The van der Waals surface area contributed by atoms with E-state index in [-0.39, 0.29) is 65.4 Å². The van der Waals surface area contributed by atoms with E-state index in [1.165, 1.54) is 27.4 Å². The first-order chi connectivity index (χ1) is 13.7. The van der Waals surface area contributed by atoms with Crippen LogP contribution in [0.1, 0.15) is 12.0 Å². The van der Waals surface area contributed by atoms with Crippen LogP contribution in [0, 0.1) is 11.6 Å². The predicted molar refractivity (Wildman–Crippen MR) is 106 cm³/mol. The summed E-state index contributed by atoms with van der Waals surface area (Å²) in [6.45, 7) is 0.597. The fraction of sp³-hybridized carbons (Fsp3) is 0.316. The number of rotatable bonds is 5. The number of aryl methyl sites for hydroxylation is 1. The quantitative estimate of drug-likeness (QED) is 0.679. The molecule has 1 fully saturated rings. The number of carbonyl (C=O) groups excluding carboxylic acids is 1. The van der Waals surface area contributed by atoms with E-state index < -0.39 is 21.7 Å². The van der Waals surface area contributed by atoms with Crippen molar-refractivity contribution < 1.29 is 22.0 Å². The lowest BCUT2D eigenvalue weighted by Gasteiger charge is -2.34. The van der Waals surface area contributed by atoms with Crippen molar-refractivity contribution in [2.45, 2.75) is 17.7 Å². The zero-order chi connectivity index (χ0) is 21.2. The van der Waals surface area contributed by atoms with Gasteiger partial charge in [-0.3, -0.25) is 4.79 Å². The van der Waals surface area contributed by atoms with Gasteiger partial charge in [-0.1, -0.05) is 29.3 Å². The van der Waals surface area contributed by atoms with E-state index in [0.29, 0.717) is 0 Å². The summed E-state index contributed by atoms with van der Waals surface area (Å²) in [5, 5.41) is 0.107. The lowest BCUT2D eigenvalue weighted by Crippen LogP contribution is -2.50. The highest BCUT2D eigenvalue weighted by atomic mass is 35.5. The predicted octanol–water partition coefficient (Wildman–Crippen LogP) is 3.74. The Kier molecular flexibility index (Phi) is 6.78. The molecule has 29 heavy (non-hydrogen) atoms. The van der Waals surface area contributed by atoms with Gasteiger partial charge < -0.3 is 4.90 Å². The van der Waals surface area contributed by atoms with Gasteiger partial charge in [0.25, 0.3) is 0 Å². The molecule has 1 aliphatic heterocycles. The zero-order valence-electron chi connectivity index (χ0n) is 15.2. The molecular formula is C19H18Cl2F2N2O3S. The van der Waals surface area contributed by atoms with Crippen LogP contribution >= 0.6 is 23.2 Å². The van der Waals surface area contributed by atoms with Gasteiger partial charge in [0.05, 0.1) is 10.0 Å². The van der Waals surface area contributed by atoms with Crippen LogP contribution in [0.25, 0.3) is 0 Å². The van der Waals surface area contributed by atoms with Crippen LogP contribution < -0.4 is 0 Å². The SMILES string of the molecule is O=C(CCc1cc(F)ccc1F)N1CCN(S(=O)(=O)c2cccc(Cl)c2Cl)CC1. The van der Waals surface area contributed by atoms with Gasteiger partial charge in [0.15, 0.2) is 0 Å². The molecule has 0 radical (unpaired) electrons. The lowest BCUT2D eigenvalue weighted by atomic mass is 10.1. The minimum atomic E-state index is -3.84. The molecule has 0 N–H and O–H groups in total. The molecule has 0 saturated carbocycles. The monoisotopic (exact) mass is 462 g/mol. The summed E-state index contributed by atoms with van der Waals surface area (Å²) in [5.41, 5.74) is 0.134. The molecule has 10 heteroatoms. The Morgan fingerprint density at radius 3 is 2.41 bits per heavy atom. The minimum Gasteiger partial charge on any atom is -0.340 e. The highest BCUT2D eigenvalue weighted by Crippen LogP contribution is 2.31. The van der Waals surface area contributed by atoms with Crippen molar-refractivity contribution in [2.75, 3.05) is 26.2 Å². The molecular weight excluding hydrogens is 445 g/mol. The van der Waals surface area contributed by atoms with E-state index >= 15 is 0 Å². The summed E-state index contributed by atoms with van der Waals surface area (Å²) in [6, 6.07) is 7.51. The number of piperazine rings is 1. The smallest absolute Gasteiger partial charge is 0.244 e. The maximum atomic E-state index is 13.7. The number of amides is 1. The van der Waals surface area contributed by atoms with Crippen LogP contribution in [0.5, 0.6) is 0 Å². The maximum Gasteiger partial charge on any atom is 0.244 e. The van der Waals surface area contributed by atoms with E-state index in [0.717, 1.165) is 18.2 Å². The number of halogens is 4. The van der Waals surface area contributed by atoms with Crippen LogP contribution in [0.4, 0.5) is 8.78 Å². The maximum absolute atomic E-state index is 13.7. The Balaban J connectivity index is 1.60. The average molecular weight is 463 g/mol. The molecule has 1 heterocycles. The number of carbonyl (C=O) groups is 1. The molecule has 0 aliphatic carbocycles. The molecule has 3 rings (SSSR count). The Bertz CT molecular complexity index is 1030. The van der Waals surface area contributed by atoms with E-state index in [1.54, 1.807) is 0 Å². The molecule has 1 saturated heterocycles. The second-order valence-corrected chi connectivity index (χ2v) is 9.26. The van der Waals surface area contributed by atoms with Crippen molar-refractivity contribution >= 4 is 39.1 Å². The molecule has 1 aliphatic rings. The van der Waals surface area contributed by atoms with Crippen molar-refractivity contribution in [3.8, 4) is 0 Å². The van der Waals surface area contributed by atoms with Gasteiger partial charge in [-0.15, -0.1) is 0 Å². The van der Waals surface area contributed by atoms with Crippen LogP contribution in [0.15, 0.2) is 41.3 Å². The number of nitrogens with zero attached hydrogens (tertiary/aromatic N) is 2. The van der Waals surface area contributed by atoms with Gasteiger partial charge >= 0.3 is 0 Å². The molecule has 0 unspecified atom stereocenters. The molecule has 156 valence electrons. The second kappa shape index (κ2) is 8.95. The zero-order valence-corrected chi connectivity index (χ0v) is 17.6. The van der Waals surface area contributed by atoms with E-state index in [1.807, 2.05) is 0 Å². The summed E-state index contributed by atoms with van der Waals surface area (Å²) in [5.74, 6) is -1.37. The third kappa shape index (κ3) is 4.88. The van der Waals surface area contributed by atoms with Gasteiger partial charge in [0.1, 0.15) is 16.5 Å². The lowest BCUT2D eigenvalue weighted by molar-refractivity contribution is -0.132. The van der Waals surface area contributed by atoms with Crippen LogP contribution in [0.3, 0.4) is 0 Å². The normalized spacial score (nSPS) is 15.5. The highest BCUT2D eigenvalue weighted by molar-refractivity contribution is 7.89. The first kappa shape index (κ1) is 22.0. The molecule has 0 bridgehead atoms. The van der Waals surface area contributed by atoms with Crippen LogP contribution in [0.2, 0.25) is 10.0 Å². The van der Waals surface area contributed by atoms with Gasteiger partial charge in [0.2, 0.25) is 15.9 Å². The summed E-state index contributed by atoms with van der Waals surface area (Å²) in [7, 11) is -3.84. The topological polar surface area (TPSA) is 57.7 Å². The second-order valence-electron chi connectivity index (χ2n) is 6.57. The van der Waals surface area contributed by atoms with Gasteiger partial charge in [-0.2, -0.15) is 4.31 Å². The van der Waals surface area contributed by atoms with E-state index in [9.17, 15) is 22.0 Å². The molecule has 0 spiro atoms. The number of sulfonamides is 1. The highest BCUT2D eigenvalue weighted by Gasteiger charge is 2.31. The van der Waals surface area contributed by atoms with Crippen molar-refractivity contribution in [3.63, 3.8) is 0 Å². The molecule has 0 atom stereocenters. The van der Waals surface area contributed by atoms with Crippen molar-refractivity contribution in [1.82, 2.24) is 9.21 Å². The Labute approximate surface area is 177 Å². The van der Waals surface area contributed by atoms with Crippen molar-refractivity contribution in [1.29, 1.82) is 0 Å². The Morgan fingerprint density at radius 2 is 1.72 bits per heavy atom. The molecule has 2 aromatic rings. The van der Waals surface area contributed by atoms with E-state index in [2.05, 4.69) is 0 Å². The van der Waals surface area contributed by atoms with Crippen LogP contribution in [-0.4, -0.2) is 49.7 Å². The molecule has 0 aromatic heterocycles. The van der Waals surface area contributed by atoms with E-state index in [4.69, 9.17) is 23.2 Å². The first-order valence-corrected chi connectivity index (χ1v) is 11.1. The average Bonchev–Trinajstić information content (AvgIpc) is 2.70. The van der Waals surface area contributed by atoms with Gasteiger partial charge in [-0.05, 0) is 42.3 Å². The van der Waals surface area contributed by atoms with Crippen molar-refractivity contribution in [2.24, 2.45) is 0 Å². The third-order valence-corrected chi connectivity index (χ3v) is 7.61.